The summed E-state index contributed by atoms with van der Waals surface area (Å²) in [5.74, 6) is 1.71. The van der Waals surface area contributed by atoms with E-state index in [0.717, 1.165) is 53.6 Å². The molecule has 22 heavy (non-hydrogen) atoms. The van der Waals surface area contributed by atoms with Crippen LogP contribution in [0.3, 0.4) is 0 Å². The van der Waals surface area contributed by atoms with Crippen LogP contribution in [0, 0.1) is 0 Å². The van der Waals surface area contributed by atoms with Crippen molar-refractivity contribution < 1.29 is 9.73 Å². The standard InChI is InChI=1S/C16H23BrN4O/c1-3-4-5-10-22-15-7-6-13(17)11-14(15)12(2)20-21-16-18-8-9-19-16/h6-7,11,20H,2-5,8-10H2,1H3,(H2,18,19,21)/p+1. The van der Waals surface area contributed by atoms with Gasteiger partial charge in [0.1, 0.15) is 5.75 Å². The molecule has 1 aliphatic heterocycles. The van der Waals surface area contributed by atoms with Crippen molar-refractivity contribution in [3.8, 4) is 5.75 Å². The Morgan fingerprint density at radius 3 is 3.05 bits per heavy atom. The molecule has 0 aliphatic carbocycles. The minimum atomic E-state index is 0.726. The minimum Gasteiger partial charge on any atom is -0.493 e. The first-order valence-corrected chi connectivity index (χ1v) is 8.48. The fourth-order valence-electron chi connectivity index (χ4n) is 2.13. The molecule has 1 heterocycles. The number of rotatable bonds is 8. The second-order valence-electron chi connectivity index (χ2n) is 5.15. The second-order valence-corrected chi connectivity index (χ2v) is 6.07. The zero-order valence-corrected chi connectivity index (χ0v) is 14.6. The van der Waals surface area contributed by atoms with E-state index in [0.29, 0.717) is 0 Å². The monoisotopic (exact) mass is 367 g/mol. The summed E-state index contributed by atoms with van der Waals surface area (Å²) in [7, 11) is 0. The van der Waals surface area contributed by atoms with Crippen LogP contribution in [0.2, 0.25) is 0 Å². The van der Waals surface area contributed by atoms with Gasteiger partial charge in [0.05, 0.1) is 25.4 Å². The summed E-state index contributed by atoms with van der Waals surface area (Å²) in [5, 5.41) is 3.19. The predicted octanol–water partition coefficient (Wildman–Crippen LogP) is 1.12. The highest BCUT2D eigenvalue weighted by Crippen LogP contribution is 2.27. The molecule has 0 spiro atoms. The largest absolute Gasteiger partial charge is 0.493 e. The molecular weight excluding hydrogens is 344 g/mol. The predicted molar refractivity (Wildman–Crippen MR) is 93.3 cm³/mol. The van der Waals surface area contributed by atoms with Crippen molar-refractivity contribution in [1.29, 1.82) is 0 Å². The fourth-order valence-corrected chi connectivity index (χ4v) is 2.49. The number of nitrogens with one attached hydrogen (secondary N) is 4. The molecular formula is C16H24BrN4O+. The molecule has 120 valence electrons. The van der Waals surface area contributed by atoms with E-state index in [4.69, 9.17) is 4.74 Å². The van der Waals surface area contributed by atoms with Crippen LogP contribution in [0.15, 0.2) is 29.3 Å². The molecule has 5 nitrogen and oxygen atoms in total. The lowest BCUT2D eigenvalue weighted by molar-refractivity contribution is -0.447. The van der Waals surface area contributed by atoms with Gasteiger partial charge in [-0.2, -0.15) is 5.43 Å². The first-order chi connectivity index (χ1) is 10.7. The van der Waals surface area contributed by atoms with Gasteiger partial charge < -0.3 is 4.74 Å². The molecule has 6 heteroatoms. The van der Waals surface area contributed by atoms with Gasteiger partial charge in [-0.1, -0.05) is 42.3 Å². The number of hydrazine groups is 1. The number of benzene rings is 1. The Hall–Kier alpha value is -1.69. The van der Waals surface area contributed by atoms with E-state index in [2.05, 4.69) is 50.6 Å². The average molecular weight is 368 g/mol. The highest BCUT2D eigenvalue weighted by molar-refractivity contribution is 9.10. The zero-order chi connectivity index (χ0) is 15.8. The third kappa shape index (κ3) is 4.94. The number of hydrogen-bond donors (Lipinski definition) is 4. The molecule has 4 N–H and O–H groups in total. The van der Waals surface area contributed by atoms with E-state index >= 15 is 0 Å². The van der Waals surface area contributed by atoms with E-state index < -0.39 is 0 Å². The molecule has 1 aliphatic rings. The zero-order valence-electron chi connectivity index (χ0n) is 13.0. The summed E-state index contributed by atoms with van der Waals surface area (Å²) in [6, 6.07) is 5.96. The molecule has 0 unspecified atom stereocenters. The van der Waals surface area contributed by atoms with Crippen LogP contribution in [-0.4, -0.2) is 25.7 Å². The van der Waals surface area contributed by atoms with Crippen LogP contribution in [0.5, 0.6) is 5.75 Å². The summed E-state index contributed by atoms with van der Waals surface area (Å²) in [6.07, 6.45) is 3.44. The van der Waals surface area contributed by atoms with Crippen LogP contribution in [0.1, 0.15) is 31.7 Å². The third-order valence-electron chi connectivity index (χ3n) is 3.34. The third-order valence-corrected chi connectivity index (χ3v) is 3.83. The summed E-state index contributed by atoms with van der Waals surface area (Å²) in [4.78, 5) is 3.19. The fraction of sp³-hybridized carbons (Fsp3) is 0.438. The SMILES string of the molecule is C=C(NNC1=[NH+]CCN1)c1cc(Br)ccc1OCCCCC. The maximum Gasteiger partial charge on any atom is 0.365 e. The molecule has 2 rings (SSSR count). The molecule has 0 bridgehead atoms. The van der Waals surface area contributed by atoms with Crippen molar-refractivity contribution in [3.05, 3.63) is 34.8 Å². The van der Waals surface area contributed by atoms with Gasteiger partial charge >= 0.3 is 5.96 Å². The van der Waals surface area contributed by atoms with Gasteiger partial charge in [-0.05, 0) is 24.6 Å². The first-order valence-electron chi connectivity index (χ1n) is 7.69. The lowest BCUT2D eigenvalue weighted by atomic mass is 10.1. The van der Waals surface area contributed by atoms with Crippen LogP contribution in [-0.2, 0) is 0 Å². The summed E-state index contributed by atoms with van der Waals surface area (Å²) >= 11 is 3.50. The van der Waals surface area contributed by atoms with Gasteiger partial charge in [-0.3, -0.25) is 15.7 Å². The highest BCUT2D eigenvalue weighted by atomic mass is 79.9. The average Bonchev–Trinajstić information content (AvgIpc) is 3.03. The number of unbranched alkanes of at least 4 members (excludes halogenated alkanes) is 2. The minimum absolute atomic E-state index is 0.726. The van der Waals surface area contributed by atoms with E-state index in [9.17, 15) is 0 Å². The quantitative estimate of drug-likeness (QED) is 0.410. The normalized spacial score (nSPS) is 13.3. The summed E-state index contributed by atoms with van der Waals surface area (Å²) < 4.78 is 6.90. The Morgan fingerprint density at radius 2 is 2.32 bits per heavy atom. The van der Waals surface area contributed by atoms with Gasteiger partial charge in [0.15, 0.2) is 0 Å². The maximum absolute atomic E-state index is 5.90. The number of ether oxygens (including phenoxy) is 1. The Labute approximate surface area is 140 Å². The van der Waals surface area contributed by atoms with Crippen LogP contribution < -0.4 is 25.9 Å². The van der Waals surface area contributed by atoms with Crippen molar-refractivity contribution in [2.24, 2.45) is 0 Å². The maximum atomic E-state index is 5.90. The van der Waals surface area contributed by atoms with Gasteiger partial charge in [-0.15, -0.1) is 0 Å². The van der Waals surface area contributed by atoms with Crippen LogP contribution in [0.25, 0.3) is 5.70 Å². The Morgan fingerprint density at radius 1 is 1.45 bits per heavy atom. The number of hydrogen-bond acceptors (Lipinski definition) is 4. The second kappa shape index (κ2) is 8.68. The molecule has 0 radical (unpaired) electrons. The van der Waals surface area contributed by atoms with E-state index in [1.807, 2.05) is 18.2 Å². The smallest absolute Gasteiger partial charge is 0.365 e. The molecule has 0 aromatic heterocycles. The van der Waals surface area contributed by atoms with Crippen LogP contribution >= 0.6 is 15.9 Å². The first kappa shape index (κ1) is 16.7. The van der Waals surface area contributed by atoms with Crippen molar-refractivity contribution in [2.45, 2.75) is 26.2 Å². The van der Waals surface area contributed by atoms with Crippen molar-refractivity contribution >= 4 is 27.6 Å². The Kier molecular flexibility index (Phi) is 6.58. The lowest BCUT2D eigenvalue weighted by Crippen LogP contribution is -2.75. The van der Waals surface area contributed by atoms with Gasteiger partial charge in [0.25, 0.3) is 0 Å². The summed E-state index contributed by atoms with van der Waals surface area (Å²) in [5.41, 5.74) is 7.88. The van der Waals surface area contributed by atoms with Gasteiger partial charge in [-0.25, -0.2) is 0 Å². The summed E-state index contributed by atoms with van der Waals surface area (Å²) in [6.45, 7) is 8.83. The van der Waals surface area contributed by atoms with Crippen molar-refractivity contribution in [2.75, 3.05) is 19.7 Å². The molecule has 0 atom stereocenters. The molecule has 0 amide bonds. The molecule has 1 aromatic carbocycles. The molecule has 1 aromatic rings. The lowest BCUT2D eigenvalue weighted by Gasteiger charge is -2.14. The van der Waals surface area contributed by atoms with Gasteiger partial charge in [0, 0.05) is 10.0 Å². The molecule has 0 saturated carbocycles. The topological polar surface area (TPSA) is 59.3 Å². The van der Waals surface area contributed by atoms with Crippen LogP contribution in [0.4, 0.5) is 0 Å². The van der Waals surface area contributed by atoms with E-state index in [-0.39, 0.29) is 0 Å². The number of guanidine groups is 1. The highest BCUT2D eigenvalue weighted by Gasteiger charge is 2.13. The van der Waals surface area contributed by atoms with Crippen molar-refractivity contribution in [3.63, 3.8) is 0 Å². The van der Waals surface area contributed by atoms with Gasteiger partial charge in [0.2, 0.25) is 0 Å². The van der Waals surface area contributed by atoms with E-state index in [1.165, 1.54) is 12.8 Å². The Bertz CT molecular complexity index is 545. The number of halogens is 1. The van der Waals surface area contributed by atoms with Crippen molar-refractivity contribution in [1.82, 2.24) is 16.2 Å². The molecule has 0 saturated heterocycles. The van der Waals surface area contributed by atoms with E-state index in [1.54, 1.807) is 0 Å². The Balaban J connectivity index is 1.97. The molecule has 0 fully saturated rings.